The number of rotatable bonds is 8. The zero-order chi connectivity index (χ0) is 25.5. The number of nitrogens with one attached hydrogen (secondary N) is 2. The molecule has 0 saturated carbocycles. The van der Waals surface area contributed by atoms with Gasteiger partial charge in [-0.1, -0.05) is 48.0 Å². The average molecular weight is 507 g/mol. The van der Waals surface area contributed by atoms with Crippen molar-refractivity contribution in [2.24, 2.45) is 5.92 Å². The number of carbonyl (C=O) groups is 2. The third-order valence-corrected chi connectivity index (χ3v) is 6.51. The van der Waals surface area contributed by atoms with Crippen molar-refractivity contribution in [2.45, 2.75) is 5.92 Å². The van der Waals surface area contributed by atoms with Crippen molar-refractivity contribution < 1.29 is 14.0 Å². The molecule has 2 unspecified atom stereocenters. The van der Waals surface area contributed by atoms with Gasteiger partial charge < -0.3 is 16.4 Å². The summed E-state index contributed by atoms with van der Waals surface area (Å²) in [6, 6.07) is 21.7. The summed E-state index contributed by atoms with van der Waals surface area (Å²) in [7, 11) is 0. The van der Waals surface area contributed by atoms with E-state index in [0.29, 0.717) is 41.7 Å². The number of halogens is 2. The molecule has 2 atom stereocenters. The van der Waals surface area contributed by atoms with Crippen LogP contribution >= 0.6 is 11.6 Å². The number of anilines is 3. The average Bonchev–Trinajstić information content (AvgIpc) is 3.30. The normalized spacial score (nSPS) is 17.8. The number of hydrogen-bond acceptors (Lipinski definition) is 4. The number of para-hydroxylation sites is 2. The molecule has 1 fully saturated rings. The summed E-state index contributed by atoms with van der Waals surface area (Å²) >= 11 is 5.94. The monoisotopic (exact) mass is 506 g/mol. The van der Waals surface area contributed by atoms with E-state index in [1.54, 1.807) is 54.6 Å². The van der Waals surface area contributed by atoms with Gasteiger partial charge in [0, 0.05) is 42.3 Å². The minimum Gasteiger partial charge on any atom is -0.397 e. The molecular weight excluding hydrogens is 479 g/mol. The van der Waals surface area contributed by atoms with Crippen LogP contribution in [0.5, 0.6) is 0 Å². The highest BCUT2D eigenvalue weighted by atomic mass is 35.5. The third kappa shape index (κ3) is 6.50. The van der Waals surface area contributed by atoms with Gasteiger partial charge in [0.05, 0.1) is 17.3 Å². The number of nitrogens with zero attached hydrogens (tertiary/aromatic N) is 1. The van der Waals surface area contributed by atoms with Gasteiger partial charge in [-0.3, -0.25) is 14.5 Å². The molecule has 1 aliphatic rings. The van der Waals surface area contributed by atoms with E-state index in [1.165, 1.54) is 6.08 Å². The lowest BCUT2D eigenvalue weighted by Gasteiger charge is -2.19. The number of amides is 2. The summed E-state index contributed by atoms with van der Waals surface area (Å²) in [5.41, 5.74) is 9.43. The van der Waals surface area contributed by atoms with Gasteiger partial charge in [0.25, 0.3) is 0 Å². The molecule has 3 aromatic carbocycles. The van der Waals surface area contributed by atoms with E-state index in [-0.39, 0.29) is 23.7 Å². The van der Waals surface area contributed by atoms with Crippen LogP contribution in [0.2, 0.25) is 5.02 Å². The predicted molar refractivity (Wildman–Crippen MR) is 144 cm³/mol. The topological polar surface area (TPSA) is 87.5 Å². The van der Waals surface area contributed by atoms with E-state index >= 15 is 0 Å². The van der Waals surface area contributed by atoms with Crippen molar-refractivity contribution in [1.82, 2.24) is 4.90 Å². The smallest absolute Gasteiger partial charge is 0.248 e. The number of carbonyl (C=O) groups excluding carboxylic acids is 2. The second-order valence-corrected chi connectivity index (χ2v) is 9.17. The quantitative estimate of drug-likeness (QED) is 0.289. The Morgan fingerprint density at radius 1 is 1.00 bits per heavy atom. The summed E-state index contributed by atoms with van der Waals surface area (Å²) in [5.74, 6) is -0.792. The second-order valence-electron chi connectivity index (χ2n) is 8.73. The van der Waals surface area contributed by atoms with E-state index in [4.69, 9.17) is 17.3 Å². The molecule has 6 nitrogen and oxygen atoms in total. The number of nitrogen functional groups attached to an aromatic ring is 1. The number of hydrogen-bond donors (Lipinski definition) is 3. The van der Waals surface area contributed by atoms with Gasteiger partial charge in [0.2, 0.25) is 11.8 Å². The van der Waals surface area contributed by atoms with E-state index in [0.717, 1.165) is 11.1 Å². The van der Waals surface area contributed by atoms with Gasteiger partial charge in [-0.25, -0.2) is 4.39 Å². The van der Waals surface area contributed by atoms with E-state index in [9.17, 15) is 14.0 Å². The number of benzene rings is 3. The third-order valence-electron chi connectivity index (χ3n) is 6.26. The molecule has 1 heterocycles. The Labute approximate surface area is 214 Å². The van der Waals surface area contributed by atoms with Crippen LogP contribution in [0.4, 0.5) is 21.5 Å². The van der Waals surface area contributed by atoms with Crippen LogP contribution in [0.1, 0.15) is 17.0 Å². The maximum Gasteiger partial charge on any atom is 0.248 e. The number of alkyl halides is 1. The van der Waals surface area contributed by atoms with Crippen LogP contribution in [0.25, 0.3) is 6.08 Å². The van der Waals surface area contributed by atoms with Crippen molar-refractivity contribution in [2.75, 3.05) is 42.7 Å². The highest BCUT2D eigenvalue weighted by Crippen LogP contribution is 2.34. The molecule has 1 saturated heterocycles. The Morgan fingerprint density at radius 3 is 2.42 bits per heavy atom. The first kappa shape index (κ1) is 25.4. The second kappa shape index (κ2) is 11.8. The van der Waals surface area contributed by atoms with Crippen LogP contribution in [0, 0.1) is 5.92 Å². The van der Waals surface area contributed by atoms with E-state index in [1.807, 2.05) is 29.2 Å². The first-order valence-corrected chi connectivity index (χ1v) is 12.1. The maximum absolute atomic E-state index is 13.1. The minimum absolute atomic E-state index is 0.0776. The SMILES string of the molecule is Nc1ccccc1NC(=O)/C=C/c1ccc(C2CN(CCF)CC2C(=O)Nc2ccc(Cl)cc2)cc1. The molecule has 0 aliphatic carbocycles. The summed E-state index contributed by atoms with van der Waals surface area (Å²) in [6.45, 7) is 0.916. The molecule has 0 aromatic heterocycles. The standard InChI is InChI=1S/C28H28ClFN4O2/c29-21-10-12-22(13-11-21)32-28(36)24-18-34(16-15-30)17-23(24)20-8-5-19(6-9-20)7-14-27(35)33-26-4-2-1-3-25(26)31/h1-14,23-24H,15-18,31H2,(H,32,36)(H,33,35)/b14-7+. The Morgan fingerprint density at radius 2 is 1.72 bits per heavy atom. The van der Waals surface area contributed by atoms with Crippen molar-refractivity contribution in [1.29, 1.82) is 0 Å². The summed E-state index contributed by atoms with van der Waals surface area (Å²) in [6.07, 6.45) is 3.16. The lowest BCUT2D eigenvalue weighted by Crippen LogP contribution is -2.29. The number of likely N-dealkylation sites (tertiary alicyclic amines) is 1. The Balaban J connectivity index is 1.43. The van der Waals surface area contributed by atoms with Crippen LogP contribution in [-0.4, -0.2) is 43.0 Å². The highest BCUT2D eigenvalue weighted by Gasteiger charge is 2.38. The van der Waals surface area contributed by atoms with Crippen molar-refractivity contribution in [3.8, 4) is 0 Å². The fourth-order valence-corrected chi connectivity index (χ4v) is 4.50. The Hall–Kier alpha value is -3.68. The highest BCUT2D eigenvalue weighted by molar-refractivity contribution is 6.30. The molecule has 4 rings (SSSR count). The van der Waals surface area contributed by atoms with Crippen LogP contribution in [-0.2, 0) is 9.59 Å². The molecule has 3 aromatic rings. The lowest BCUT2D eigenvalue weighted by atomic mass is 9.88. The van der Waals surface area contributed by atoms with E-state index in [2.05, 4.69) is 10.6 Å². The molecule has 36 heavy (non-hydrogen) atoms. The van der Waals surface area contributed by atoms with Crippen LogP contribution in [0.3, 0.4) is 0 Å². The molecule has 2 amide bonds. The van der Waals surface area contributed by atoms with Crippen molar-refractivity contribution in [3.05, 3.63) is 95.0 Å². The molecule has 0 radical (unpaired) electrons. The van der Waals surface area contributed by atoms with Crippen molar-refractivity contribution in [3.63, 3.8) is 0 Å². The van der Waals surface area contributed by atoms with Gasteiger partial charge in [0.1, 0.15) is 6.67 Å². The zero-order valence-electron chi connectivity index (χ0n) is 19.7. The predicted octanol–water partition coefficient (Wildman–Crippen LogP) is 5.20. The van der Waals surface area contributed by atoms with Gasteiger partial charge in [-0.15, -0.1) is 0 Å². The summed E-state index contributed by atoms with van der Waals surface area (Å²) in [4.78, 5) is 27.4. The molecule has 0 bridgehead atoms. The Bertz CT molecular complexity index is 1230. The maximum atomic E-state index is 13.1. The molecule has 0 spiro atoms. The molecule has 8 heteroatoms. The Kier molecular flexibility index (Phi) is 8.36. The molecule has 4 N–H and O–H groups in total. The lowest BCUT2D eigenvalue weighted by molar-refractivity contribution is -0.120. The molecular formula is C28H28ClFN4O2. The van der Waals surface area contributed by atoms with Gasteiger partial charge in [-0.05, 0) is 53.6 Å². The van der Waals surface area contributed by atoms with Crippen molar-refractivity contribution >= 4 is 46.6 Å². The summed E-state index contributed by atoms with van der Waals surface area (Å²) < 4.78 is 13.0. The number of nitrogens with two attached hydrogens (primary N) is 1. The first-order valence-electron chi connectivity index (χ1n) is 11.7. The largest absolute Gasteiger partial charge is 0.397 e. The zero-order valence-corrected chi connectivity index (χ0v) is 20.4. The minimum atomic E-state index is -0.460. The summed E-state index contributed by atoms with van der Waals surface area (Å²) in [5, 5.41) is 6.31. The van der Waals surface area contributed by atoms with Gasteiger partial charge >= 0.3 is 0 Å². The first-order chi connectivity index (χ1) is 17.4. The van der Waals surface area contributed by atoms with Crippen LogP contribution in [0.15, 0.2) is 78.9 Å². The molecule has 1 aliphatic heterocycles. The van der Waals surface area contributed by atoms with Crippen LogP contribution < -0.4 is 16.4 Å². The fourth-order valence-electron chi connectivity index (χ4n) is 4.37. The van der Waals surface area contributed by atoms with Gasteiger partial charge in [0.15, 0.2) is 0 Å². The molecule has 186 valence electrons. The van der Waals surface area contributed by atoms with Gasteiger partial charge in [-0.2, -0.15) is 0 Å². The van der Waals surface area contributed by atoms with E-state index < -0.39 is 6.67 Å². The fraction of sp³-hybridized carbons (Fsp3) is 0.214.